The van der Waals surface area contributed by atoms with Crippen LogP contribution in [-0.4, -0.2) is 41.2 Å². The highest BCUT2D eigenvalue weighted by molar-refractivity contribution is 5.85. The first-order valence-corrected chi connectivity index (χ1v) is 5.56. The highest BCUT2D eigenvalue weighted by atomic mass is 35.5. The largest absolute Gasteiger partial charge is 0.339 e. The average molecular weight is 245 g/mol. The normalized spacial score (nSPS) is 20.6. The Morgan fingerprint density at radius 2 is 2.19 bits per heavy atom. The van der Waals surface area contributed by atoms with E-state index in [9.17, 15) is 0 Å². The number of halogens is 1. The van der Waals surface area contributed by atoms with E-state index in [4.69, 9.17) is 4.52 Å². The van der Waals surface area contributed by atoms with Gasteiger partial charge in [0.15, 0.2) is 5.82 Å². The first-order chi connectivity index (χ1) is 7.33. The summed E-state index contributed by atoms with van der Waals surface area (Å²) in [5.41, 5.74) is 0. The number of hydrogen-bond donors (Lipinski definition) is 1. The smallest absolute Gasteiger partial charge is 0.229 e. The fourth-order valence-corrected chi connectivity index (χ4v) is 1.77. The van der Waals surface area contributed by atoms with Crippen molar-refractivity contribution in [3.05, 3.63) is 11.7 Å². The minimum atomic E-state index is 0. The second-order valence-corrected chi connectivity index (χ2v) is 4.55. The molecule has 1 N–H and O–H groups in total. The molecule has 2 fully saturated rings. The predicted octanol–water partition coefficient (Wildman–Crippen LogP) is 0.772. The molecule has 1 aromatic heterocycles. The fraction of sp³-hybridized carbons (Fsp3) is 0.800. The van der Waals surface area contributed by atoms with Gasteiger partial charge in [0.2, 0.25) is 5.89 Å². The lowest BCUT2D eigenvalue weighted by Gasteiger charge is -2.34. The van der Waals surface area contributed by atoms with Gasteiger partial charge in [-0.15, -0.1) is 12.4 Å². The Balaban J connectivity index is 0.000000963. The summed E-state index contributed by atoms with van der Waals surface area (Å²) < 4.78 is 5.22. The number of rotatable bonds is 4. The molecule has 2 aliphatic rings. The van der Waals surface area contributed by atoms with Crippen LogP contribution < -0.4 is 5.32 Å². The minimum absolute atomic E-state index is 0. The first kappa shape index (κ1) is 11.8. The van der Waals surface area contributed by atoms with Crippen LogP contribution in [0, 0.1) is 0 Å². The Bertz CT molecular complexity index is 348. The average Bonchev–Trinajstić information content (AvgIpc) is 2.86. The van der Waals surface area contributed by atoms with E-state index in [1.807, 2.05) is 0 Å². The molecular formula is C10H17ClN4O. The Morgan fingerprint density at radius 3 is 2.75 bits per heavy atom. The Kier molecular flexibility index (Phi) is 3.47. The highest BCUT2D eigenvalue weighted by Gasteiger charge is 2.30. The van der Waals surface area contributed by atoms with Gasteiger partial charge in [0.05, 0.1) is 6.54 Å². The molecule has 16 heavy (non-hydrogen) atoms. The molecule has 0 radical (unpaired) electrons. The molecule has 1 saturated heterocycles. The number of hydrogen-bond acceptors (Lipinski definition) is 5. The van der Waals surface area contributed by atoms with Crippen LogP contribution in [0.1, 0.15) is 30.5 Å². The van der Waals surface area contributed by atoms with E-state index in [0.29, 0.717) is 12.0 Å². The van der Waals surface area contributed by atoms with Crippen molar-refractivity contribution >= 4 is 12.4 Å². The van der Waals surface area contributed by atoms with E-state index in [0.717, 1.165) is 31.3 Å². The molecule has 0 unspecified atom stereocenters. The molecule has 5 nitrogen and oxygen atoms in total. The summed E-state index contributed by atoms with van der Waals surface area (Å²) in [5, 5.41) is 7.27. The maximum atomic E-state index is 5.22. The quantitative estimate of drug-likeness (QED) is 0.848. The van der Waals surface area contributed by atoms with Crippen LogP contribution in [0.2, 0.25) is 0 Å². The zero-order valence-electron chi connectivity index (χ0n) is 9.35. The molecule has 90 valence electrons. The Hall–Kier alpha value is -0.650. The molecule has 1 aromatic rings. The maximum Gasteiger partial charge on any atom is 0.229 e. The highest BCUT2D eigenvalue weighted by Crippen LogP contribution is 2.38. The van der Waals surface area contributed by atoms with Crippen LogP contribution in [-0.2, 0) is 6.54 Å². The lowest BCUT2D eigenvalue weighted by Crippen LogP contribution is -2.55. The summed E-state index contributed by atoms with van der Waals surface area (Å²) in [5.74, 6) is 2.22. The van der Waals surface area contributed by atoms with Gasteiger partial charge < -0.3 is 9.84 Å². The Labute approximate surface area is 101 Å². The second kappa shape index (κ2) is 4.69. The van der Waals surface area contributed by atoms with Crippen LogP contribution in [0.4, 0.5) is 0 Å². The number of likely N-dealkylation sites (N-methyl/N-ethyl adjacent to an activating group) is 1. The maximum absolute atomic E-state index is 5.22. The van der Waals surface area contributed by atoms with Crippen LogP contribution in [0.3, 0.4) is 0 Å². The molecule has 1 aliphatic heterocycles. The van der Waals surface area contributed by atoms with Gasteiger partial charge in [0.25, 0.3) is 0 Å². The SMILES string of the molecule is CN(Cc1noc(C2CC2)n1)C1CNC1.Cl. The second-order valence-electron chi connectivity index (χ2n) is 4.55. The molecule has 3 rings (SSSR count). The first-order valence-electron chi connectivity index (χ1n) is 5.56. The van der Waals surface area contributed by atoms with Crippen LogP contribution >= 0.6 is 12.4 Å². The van der Waals surface area contributed by atoms with Gasteiger partial charge in [0.1, 0.15) is 0 Å². The molecule has 2 heterocycles. The molecule has 0 amide bonds. The van der Waals surface area contributed by atoms with Crippen molar-refractivity contribution < 1.29 is 4.52 Å². The molecule has 6 heteroatoms. The summed E-state index contributed by atoms with van der Waals surface area (Å²) in [6.45, 7) is 2.94. The molecule has 0 atom stereocenters. The number of nitrogens with one attached hydrogen (secondary N) is 1. The lowest BCUT2D eigenvalue weighted by molar-refractivity contribution is 0.168. The van der Waals surface area contributed by atoms with Gasteiger partial charge in [-0.3, -0.25) is 4.90 Å². The standard InChI is InChI=1S/C10H16N4O.ClH/c1-14(8-4-11-5-8)6-9-12-10(15-13-9)7-2-3-7;/h7-8,11H,2-6H2,1H3;1H. The molecule has 0 aromatic carbocycles. The summed E-state index contributed by atoms with van der Waals surface area (Å²) in [6.07, 6.45) is 2.42. The topological polar surface area (TPSA) is 54.2 Å². The molecule has 0 spiro atoms. The van der Waals surface area contributed by atoms with Gasteiger partial charge in [-0.25, -0.2) is 0 Å². The van der Waals surface area contributed by atoms with Crippen molar-refractivity contribution in [1.29, 1.82) is 0 Å². The van der Waals surface area contributed by atoms with E-state index >= 15 is 0 Å². The van der Waals surface area contributed by atoms with Crippen LogP contribution in [0.25, 0.3) is 0 Å². The number of aromatic nitrogens is 2. The fourth-order valence-electron chi connectivity index (χ4n) is 1.77. The van der Waals surface area contributed by atoms with Crippen molar-refractivity contribution in [1.82, 2.24) is 20.4 Å². The summed E-state index contributed by atoms with van der Waals surface area (Å²) in [4.78, 5) is 6.69. The van der Waals surface area contributed by atoms with Gasteiger partial charge in [-0.05, 0) is 19.9 Å². The molecular weight excluding hydrogens is 228 g/mol. The summed E-state index contributed by atoms with van der Waals surface area (Å²) >= 11 is 0. The Morgan fingerprint density at radius 1 is 1.44 bits per heavy atom. The summed E-state index contributed by atoms with van der Waals surface area (Å²) in [7, 11) is 2.11. The van der Waals surface area contributed by atoms with Crippen molar-refractivity contribution in [3.63, 3.8) is 0 Å². The monoisotopic (exact) mass is 244 g/mol. The van der Waals surface area contributed by atoms with Gasteiger partial charge in [-0.2, -0.15) is 4.98 Å². The van der Waals surface area contributed by atoms with Gasteiger partial charge in [-0.1, -0.05) is 5.16 Å². The zero-order chi connectivity index (χ0) is 10.3. The molecule has 1 aliphatic carbocycles. The third kappa shape index (κ3) is 2.36. The van der Waals surface area contributed by atoms with E-state index in [-0.39, 0.29) is 12.4 Å². The molecule has 1 saturated carbocycles. The van der Waals surface area contributed by atoms with Crippen molar-refractivity contribution in [2.45, 2.75) is 31.3 Å². The van der Waals surface area contributed by atoms with E-state index in [1.54, 1.807) is 0 Å². The predicted molar refractivity (Wildman–Crippen MR) is 61.6 cm³/mol. The lowest BCUT2D eigenvalue weighted by atomic mass is 10.1. The van der Waals surface area contributed by atoms with Crippen LogP contribution in [0.15, 0.2) is 4.52 Å². The van der Waals surface area contributed by atoms with Crippen molar-refractivity contribution in [2.24, 2.45) is 0 Å². The van der Waals surface area contributed by atoms with Gasteiger partial charge >= 0.3 is 0 Å². The number of nitrogens with zero attached hydrogens (tertiary/aromatic N) is 3. The zero-order valence-corrected chi connectivity index (χ0v) is 10.2. The van der Waals surface area contributed by atoms with E-state index < -0.39 is 0 Å². The minimum Gasteiger partial charge on any atom is -0.339 e. The van der Waals surface area contributed by atoms with Crippen molar-refractivity contribution in [2.75, 3.05) is 20.1 Å². The van der Waals surface area contributed by atoms with E-state index in [1.165, 1.54) is 12.8 Å². The van der Waals surface area contributed by atoms with Crippen molar-refractivity contribution in [3.8, 4) is 0 Å². The molecule has 0 bridgehead atoms. The summed E-state index contributed by atoms with van der Waals surface area (Å²) in [6, 6.07) is 0.632. The van der Waals surface area contributed by atoms with E-state index in [2.05, 4.69) is 27.4 Å². The van der Waals surface area contributed by atoms with Gasteiger partial charge in [0, 0.05) is 25.0 Å². The third-order valence-corrected chi connectivity index (χ3v) is 3.18. The third-order valence-electron chi connectivity index (χ3n) is 3.18. The van der Waals surface area contributed by atoms with Crippen LogP contribution in [0.5, 0.6) is 0 Å².